The number of aliphatic hydroxyl groups excluding tert-OH is 1. The molecule has 0 radical (unpaired) electrons. The highest BCUT2D eigenvalue weighted by Gasteiger charge is 2.54. The number of fused-ring (bicyclic) bond motifs is 5. The predicted octanol–water partition coefficient (Wildman–Crippen LogP) is 9.52. The van der Waals surface area contributed by atoms with Gasteiger partial charge in [0.2, 0.25) is 0 Å². The molecule has 0 aromatic heterocycles. The predicted molar refractivity (Wildman–Crippen MR) is 147 cm³/mol. The Kier molecular flexibility index (Phi) is 7.19. The first-order valence-electron chi connectivity index (χ1n) is 13.9. The van der Waals surface area contributed by atoms with Crippen LogP contribution in [0, 0.1) is 28.6 Å². The summed E-state index contributed by atoms with van der Waals surface area (Å²) >= 11 is 0. The van der Waals surface area contributed by atoms with Crippen molar-refractivity contribution >= 4 is 11.4 Å². The van der Waals surface area contributed by atoms with Gasteiger partial charge in [0.05, 0.1) is 5.57 Å². The van der Waals surface area contributed by atoms with Crippen molar-refractivity contribution in [1.82, 2.24) is 0 Å². The normalized spacial score (nSPS) is 37.2. The van der Waals surface area contributed by atoms with E-state index in [1.54, 1.807) is 6.92 Å². The molecule has 0 aliphatic heterocycles. The first-order chi connectivity index (χ1) is 16.2. The Balaban J connectivity index is 0.00000111. The van der Waals surface area contributed by atoms with Gasteiger partial charge in [-0.1, -0.05) is 70.0 Å². The molecular weight excluding hydrogens is 416 g/mol. The molecule has 0 saturated heterocycles. The summed E-state index contributed by atoms with van der Waals surface area (Å²) in [5.41, 5.74) is 5.50. The number of ketones is 1. The van der Waals surface area contributed by atoms with Crippen LogP contribution in [0.25, 0.3) is 5.57 Å². The third kappa shape index (κ3) is 4.20. The lowest BCUT2D eigenvalue weighted by Gasteiger charge is -2.56. The van der Waals surface area contributed by atoms with Gasteiger partial charge in [0.25, 0.3) is 0 Å². The van der Waals surface area contributed by atoms with Crippen molar-refractivity contribution in [1.29, 1.82) is 0 Å². The molecule has 190 valence electrons. The molecule has 3 saturated carbocycles. The van der Waals surface area contributed by atoms with Crippen LogP contribution in [0.4, 0.5) is 0 Å². The molecule has 0 bridgehead atoms. The topological polar surface area (TPSA) is 37.3 Å². The van der Waals surface area contributed by atoms with Crippen molar-refractivity contribution in [2.24, 2.45) is 28.6 Å². The molecule has 5 rings (SSSR count). The fraction of sp³-hybridized carbons (Fsp3) is 0.656. The van der Waals surface area contributed by atoms with Crippen LogP contribution >= 0.6 is 0 Å². The van der Waals surface area contributed by atoms with Crippen LogP contribution in [-0.2, 0) is 4.79 Å². The Bertz CT molecular complexity index is 974. The summed E-state index contributed by atoms with van der Waals surface area (Å²) in [7, 11) is 0. The number of allylic oxidation sites excluding steroid dienone is 4. The van der Waals surface area contributed by atoms with Gasteiger partial charge < -0.3 is 5.11 Å². The Morgan fingerprint density at radius 3 is 2.35 bits per heavy atom. The second kappa shape index (κ2) is 9.67. The number of carbonyl (C=O) groups excluding carboxylic acids is 1. The quantitative estimate of drug-likeness (QED) is 0.273. The molecule has 0 heterocycles. The lowest BCUT2D eigenvalue weighted by Crippen LogP contribution is -2.46. The minimum Gasteiger partial charge on any atom is -0.512 e. The lowest BCUT2D eigenvalue weighted by molar-refractivity contribution is -0.111. The number of hydrogen-bond donors (Lipinski definition) is 1. The van der Waals surface area contributed by atoms with Crippen LogP contribution in [-0.4, -0.2) is 10.9 Å². The smallest absolute Gasteiger partial charge is 0.163 e. The van der Waals surface area contributed by atoms with Crippen molar-refractivity contribution in [3.63, 3.8) is 0 Å². The number of rotatable bonds is 3. The van der Waals surface area contributed by atoms with Crippen LogP contribution in [0.3, 0.4) is 0 Å². The van der Waals surface area contributed by atoms with Gasteiger partial charge in [0.15, 0.2) is 5.78 Å². The number of benzene rings is 1. The van der Waals surface area contributed by atoms with E-state index in [2.05, 4.69) is 32.1 Å². The van der Waals surface area contributed by atoms with E-state index in [0.29, 0.717) is 22.3 Å². The first kappa shape index (κ1) is 25.3. The molecule has 0 spiro atoms. The maximum absolute atomic E-state index is 11.9. The van der Waals surface area contributed by atoms with E-state index in [1.807, 2.05) is 31.6 Å². The Morgan fingerprint density at radius 1 is 1.00 bits per heavy atom. The van der Waals surface area contributed by atoms with Gasteiger partial charge in [-0.05, 0) is 111 Å². The third-order valence-corrected chi connectivity index (χ3v) is 10.2. The highest BCUT2D eigenvalue weighted by molar-refractivity contribution is 6.20. The van der Waals surface area contributed by atoms with Crippen molar-refractivity contribution in [2.45, 2.75) is 105 Å². The summed E-state index contributed by atoms with van der Waals surface area (Å²) in [5.74, 6) is 3.22. The molecule has 2 nitrogen and oxygen atoms in total. The number of hydrogen-bond acceptors (Lipinski definition) is 2. The molecule has 2 heteroatoms. The van der Waals surface area contributed by atoms with Crippen molar-refractivity contribution < 1.29 is 12.8 Å². The fourth-order valence-corrected chi connectivity index (χ4v) is 8.41. The van der Waals surface area contributed by atoms with Crippen molar-refractivity contribution in [3.8, 4) is 0 Å². The summed E-state index contributed by atoms with van der Waals surface area (Å²) in [6.45, 7) is 12.3. The van der Waals surface area contributed by atoms with Crippen LogP contribution in [0.15, 0.2) is 41.7 Å². The Hall–Kier alpha value is -1.83. The van der Waals surface area contributed by atoms with Crippen LogP contribution < -0.4 is 0 Å². The highest BCUT2D eigenvalue weighted by atomic mass is 16.3. The van der Waals surface area contributed by atoms with E-state index in [0.717, 1.165) is 23.3 Å². The highest BCUT2D eigenvalue weighted by Crippen LogP contribution is 2.65. The van der Waals surface area contributed by atoms with E-state index in [9.17, 15) is 9.90 Å². The molecule has 6 atom stereocenters. The van der Waals surface area contributed by atoms with Crippen LogP contribution in [0.2, 0.25) is 0 Å². The number of Topliss-reactive ketones (excluding diaryl/α,β-unsaturated/α-hetero) is 1. The molecule has 34 heavy (non-hydrogen) atoms. The molecule has 4 aliphatic rings. The maximum atomic E-state index is 11.9. The SMILES string of the molecule is CC.CC(=O)/C(=C(/C)O)c1ccc(C2CC[C@@]3(C)C4=CC[C@@]5(C)CCC[C@@H]5[C@H]4CCC3C2)cc1.[HH].[HH]. The minimum absolute atomic E-state index is 0. The van der Waals surface area contributed by atoms with E-state index in [4.69, 9.17) is 0 Å². The summed E-state index contributed by atoms with van der Waals surface area (Å²) in [4.78, 5) is 11.9. The average molecular weight is 467 g/mol. The molecule has 1 aromatic rings. The van der Waals surface area contributed by atoms with E-state index < -0.39 is 0 Å². The zero-order valence-corrected chi connectivity index (χ0v) is 22.4. The third-order valence-electron chi connectivity index (χ3n) is 10.2. The largest absolute Gasteiger partial charge is 0.512 e. The van der Waals surface area contributed by atoms with Gasteiger partial charge in [-0.2, -0.15) is 0 Å². The van der Waals surface area contributed by atoms with Gasteiger partial charge in [-0.3, -0.25) is 4.79 Å². The zero-order valence-electron chi connectivity index (χ0n) is 22.4. The molecule has 2 unspecified atom stereocenters. The molecule has 3 fully saturated rings. The fourth-order valence-electron chi connectivity index (χ4n) is 8.41. The standard InChI is InChI=1S/C30H40O2.C2H6.2H2/c1-19(31)28(20(2)32)22-9-7-21(8-10-22)23-13-17-30(4)24(18-23)11-12-25-26-6-5-15-29(26,3)16-14-27(25)30;1-2;;/h7-10,14,23-26,31H,5-6,11-13,15-18H2,1-4H3;1-2H3;2*1H/b28-19+;;;/t23?,24?,25-,26-,29-,30-;;;/m1.../s1. The molecule has 4 aliphatic carbocycles. The summed E-state index contributed by atoms with van der Waals surface area (Å²) < 4.78 is 0. The van der Waals surface area contributed by atoms with Crippen LogP contribution in [0.5, 0.6) is 0 Å². The molecule has 0 amide bonds. The van der Waals surface area contributed by atoms with Crippen molar-refractivity contribution in [2.75, 3.05) is 0 Å². The molecule has 1 N–H and O–H groups in total. The molecule has 1 aromatic carbocycles. The second-order valence-electron chi connectivity index (χ2n) is 11.9. The summed E-state index contributed by atoms with van der Waals surface area (Å²) in [5, 5.41) is 9.93. The van der Waals surface area contributed by atoms with Gasteiger partial charge >= 0.3 is 0 Å². The second-order valence-corrected chi connectivity index (χ2v) is 11.9. The molecular formula is C32H50O2. The number of carbonyl (C=O) groups is 1. The van der Waals surface area contributed by atoms with Crippen molar-refractivity contribution in [3.05, 3.63) is 52.8 Å². The zero-order chi connectivity index (χ0) is 24.7. The number of aliphatic hydroxyl groups is 1. The van der Waals surface area contributed by atoms with E-state index in [1.165, 1.54) is 70.3 Å². The average Bonchev–Trinajstić information content (AvgIpc) is 3.22. The maximum Gasteiger partial charge on any atom is 0.163 e. The van der Waals surface area contributed by atoms with Gasteiger partial charge in [-0.15, -0.1) is 0 Å². The van der Waals surface area contributed by atoms with Crippen LogP contribution in [0.1, 0.15) is 119 Å². The Labute approximate surface area is 210 Å². The minimum atomic E-state index is -0.0814. The van der Waals surface area contributed by atoms with E-state index in [-0.39, 0.29) is 14.4 Å². The lowest BCUT2D eigenvalue weighted by atomic mass is 9.48. The summed E-state index contributed by atoms with van der Waals surface area (Å²) in [6, 6.07) is 8.45. The van der Waals surface area contributed by atoms with Gasteiger partial charge in [-0.25, -0.2) is 0 Å². The summed E-state index contributed by atoms with van der Waals surface area (Å²) in [6.07, 6.45) is 15.0. The monoisotopic (exact) mass is 466 g/mol. The Morgan fingerprint density at radius 2 is 1.71 bits per heavy atom. The van der Waals surface area contributed by atoms with Gasteiger partial charge in [0.1, 0.15) is 5.76 Å². The van der Waals surface area contributed by atoms with E-state index >= 15 is 0 Å². The van der Waals surface area contributed by atoms with Gasteiger partial charge in [0, 0.05) is 2.85 Å². The first-order valence-corrected chi connectivity index (χ1v) is 13.9.